The number of piperazine rings is 1. The average molecular weight is 346 g/mol. The summed E-state index contributed by atoms with van der Waals surface area (Å²) in [6.45, 7) is 11.2. The Morgan fingerprint density at radius 1 is 1.26 bits per heavy atom. The number of benzene rings is 1. The summed E-state index contributed by atoms with van der Waals surface area (Å²) in [6.07, 6.45) is 0. The Morgan fingerprint density at radius 2 is 1.89 bits per heavy atom. The first-order chi connectivity index (χ1) is 8.89. The molecule has 0 saturated carbocycles. The normalized spacial score (nSPS) is 19.4. The molecule has 4 heteroatoms. The molecule has 0 spiro atoms. The number of rotatable bonds is 2. The van der Waals surface area contributed by atoms with Crippen LogP contribution in [0.4, 0.5) is 0 Å². The second-order valence-corrected chi connectivity index (χ2v) is 7.51. The lowest BCUT2D eigenvalue weighted by Crippen LogP contribution is -2.48. The summed E-state index contributed by atoms with van der Waals surface area (Å²) in [6, 6.07) is 6.55. The van der Waals surface area contributed by atoms with Crippen molar-refractivity contribution >= 4 is 27.5 Å². The van der Waals surface area contributed by atoms with Gasteiger partial charge < -0.3 is 5.32 Å². The van der Waals surface area contributed by atoms with E-state index in [1.807, 2.05) is 12.1 Å². The average Bonchev–Trinajstić information content (AvgIpc) is 2.32. The van der Waals surface area contributed by atoms with Crippen LogP contribution in [0.5, 0.6) is 0 Å². The zero-order chi connectivity index (χ0) is 14.0. The summed E-state index contributed by atoms with van der Waals surface area (Å²) in [5, 5.41) is 4.20. The highest BCUT2D eigenvalue weighted by Gasteiger charge is 2.33. The summed E-state index contributed by atoms with van der Waals surface area (Å²) >= 11 is 9.75. The van der Waals surface area contributed by atoms with Crippen LogP contribution in [0.15, 0.2) is 22.7 Å². The highest BCUT2D eigenvalue weighted by Crippen LogP contribution is 2.41. The highest BCUT2D eigenvalue weighted by molar-refractivity contribution is 9.10. The molecule has 1 saturated heterocycles. The van der Waals surface area contributed by atoms with Gasteiger partial charge in [0.15, 0.2) is 0 Å². The van der Waals surface area contributed by atoms with Gasteiger partial charge in [-0.15, -0.1) is 0 Å². The van der Waals surface area contributed by atoms with Crippen molar-refractivity contribution < 1.29 is 0 Å². The molecule has 106 valence electrons. The van der Waals surface area contributed by atoms with Gasteiger partial charge in [0.05, 0.1) is 0 Å². The molecule has 1 atom stereocenters. The minimum Gasteiger partial charge on any atom is -0.314 e. The number of nitrogens with one attached hydrogen (secondary N) is 1. The van der Waals surface area contributed by atoms with Crippen molar-refractivity contribution in [3.8, 4) is 0 Å². The minimum absolute atomic E-state index is 0.188. The van der Waals surface area contributed by atoms with Crippen LogP contribution in [0, 0.1) is 5.41 Å². The molecule has 0 amide bonds. The predicted molar refractivity (Wildman–Crippen MR) is 85.8 cm³/mol. The molecule has 0 aliphatic carbocycles. The molecule has 2 nitrogen and oxygen atoms in total. The van der Waals surface area contributed by atoms with Gasteiger partial charge in [0, 0.05) is 41.7 Å². The van der Waals surface area contributed by atoms with E-state index in [1.165, 1.54) is 5.56 Å². The molecular weight excluding hydrogens is 324 g/mol. The smallest absolute Gasteiger partial charge is 0.0417 e. The number of halogens is 2. The van der Waals surface area contributed by atoms with Crippen LogP contribution < -0.4 is 5.32 Å². The molecule has 0 radical (unpaired) electrons. The van der Waals surface area contributed by atoms with Gasteiger partial charge in [-0.2, -0.15) is 0 Å². The molecule has 1 fully saturated rings. The Balaban J connectivity index is 2.36. The molecular formula is C15H22BrClN2. The van der Waals surface area contributed by atoms with Gasteiger partial charge in [-0.25, -0.2) is 0 Å². The molecule has 1 heterocycles. The van der Waals surface area contributed by atoms with Crippen molar-refractivity contribution in [2.45, 2.75) is 26.8 Å². The maximum absolute atomic E-state index is 6.07. The van der Waals surface area contributed by atoms with Crippen LogP contribution in [-0.4, -0.2) is 31.1 Å². The number of hydrogen-bond donors (Lipinski definition) is 1. The third kappa shape index (κ3) is 3.72. The molecule has 19 heavy (non-hydrogen) atoms. The van der Waals surface area contributed by atoms with Gasteiger partial charge in [-0.1, -0.05) is 54.4 Å². The van der Waals surface area contributed by atoms with Crippen LogP contribution >= 0.6 is 27.5 Å². The van der Waals surface area contributed by atoms with Crippen molar-refractivity contribution in [2.24, 2.45) is 5.41 Å². The van der Waals surface area contributed by atoms with Crippen molar-refractivity contribution in [3.63, 3.8) is 0 Å². The molecule has 0 aromatic heterocycles. The maximum atomic E-state index is 6.07. The summed E-state index contributed by atoms with van der Waals surface area (Å²) < 4.78 is 1.11. The van der Waals surface area contributed by atoms with Gasteiger partial charge in [0.1, 0.15) is 0 Å². The van der Waals surface area contributed by atoms with E-state index in [9.17, 15) is 0 Å². The maximum Gasteiger partial charge on any atom is 0.0417 e. The lowest BCUT2D eigenvalue weighted by Gasteiger charge is -2.43. The lowest BCUT2D eigenvalue weighted by atomic mass is 9.81. The summed E-state index contributed by atoms with van der Waals surface area (Å²) in [7, 11) is 0. The summed E-state index contributed by atoms with van der Waals surface area (Å²) in [4.78, 5) is 2.57. The van der Waals surface area contributed by atoms with Gasteiger partial charge in [0.25, 0.3) is 0 Å². The van der Waals surface area contributed by atoms with Crippen molar-refractivity contribution in [2.75, 3.05) is 26.2 Å². The monoisotopic (exact) mass is 344 g/mol. The van der Waals surface area contributed by atoms with E-state index in [2.05, 4.69) is 53.0 Å². The van der Waals surface area contributed by atoms with Crippen LogP contribution in [0.2, 0.25) is 5.02 Å². The Labute approximate surface area is 129 Å². The standard InChI is InChI=1S/C15H22BrClN2/c1-15(2,3)14(19-8-6-18-7-9-19)12-5-4-11(17)10-13(12)16/h4-5,10,14,18H,6-9H2,1-3H3/t14-/m1/s1. The minimum atomic E-state index is 0.188. The fourth-order valence-corrected chi connectivity index (χ4v) is 3.77. The van der Waals surface area contributed by atoms with Crippen molar-refractivity contribution in [1.29, 1.82) is 0 Å². The van der Waals surface area contributed by atoms with E-state index < -0.39 is 0 Å². The van der Waals surface area contributed by atoms with Crippen LogP contribution in [0.3, 0.4) is 0 Å². The first-order valence-corrected chi connectivity index (χ1v) is 7.96. The van der Waals surface area contributed by atoms with Gasteiger partial charge in [-0.3, -0.25) is 4.90 Å². The van der Waals surface area contributed by atoms with Crippen LogP contribution in [0.1, 0.15) is 32.4 Å². The largest absolute Gasteiger partial charge is 0.314 e. The predicted octanol–water partition coefficient (Wildman–Crippen LogP) is 4.09. The summed E-state index contributed by atoms with van der Waals surface area (Å²) in [5.74, 6) is 0. The van der Waals surface area contributed by atoms with Crippen LogP contribution in [0.25, 0.3) is 0 Å². The first-order valence-electron chi connectivity index (χ1n) is 6.79. The Kier molecular flexibility index (Phi) is 4.93. The third-order valence-electron chi connectivity index (χ3n) is 3.59. The molecule has 1 aromatic rings. The Hall–Kier alpha value is -0.0900. The van der Waals surface area contributed by atoms with Crippen LogP contribution in [-0.2, 0) is 0 Å². The van der Waals surface area contributed by atoms with Gasteiger partial charge >= 0.3 is 0 Å². The van der Waals surface area contributed by atoms with Crippen molar-refractivity contribution in [3.05, 3.63) is 33.3 Å². The van der Waals surface area contributed by atoms with E-state index in [1.54, 1.807) is 0 Å². The molecule has 0 unspecified atom stereocenters. The van der Waals surface area contributed by atoms with E-state index in [-0.39, 0.29) is 5.41 Å². The lowest BCUT2D eigenvalue weighted by molar-refractivity contribution is 0.0857. The van der Waals surface area contributed by atoms with E-state index in [0.717, 1.165) is 35.7 Å². The second kappa shape index (κ2) is 6.13. The Morgan fingerprint density at radius 3 is 2.42 bits per heavy atom. The van der Waals surface area contributed by atoms with Gasteiger partial charge in [0.2, 0.25) is 0 Å². The molecule has 1 aliphatic heterocycles. The van der Waals surface area contributed by atoms with Crippen molar-refractivity contribution in [1.82, 2.24) is 10.2 Å². The molecule has 1 aliphatic rings. The molecule has 1 aromatic carbocycles. The molecule has 2 rings (SSSR count). The topological polar surface area (TPSA) is 15.3 Å². The van der Waals surface area contributed by atoms with E-state index >= 15 is 0 Å². The second-order valence-electron chi connectivity index (χ2n) is 6.22. The molecule has 0 bridgehead atoms. The third-order valence-corrected chi connectivity index (χ3v) is 4.52. The zero-order valence-electron chi connectivity index (χ0n) is 11.8. The SMILES string of the molecule is CC(C)(C)[C@@H](c1ccc(Cl)cc1Br)N1CCNCC1. The number of hydrogen-bond acceptors (Lipinski definition) is 2. The van der Waals surface area contributed by atoms with E-state index in [0.29, 0.717) is 6.04 Å². The summed E-state index contributed by atoms with van der Waals surface area (Å²) in [5.41, 5.74) is 1.52. The fourth-order valence-electron chi connectivity index (χ4n) is 2.87. The quantitative estimate of drug-likeness (QED) is 0.868. The highest BCUT2D eigenvalue weighted by atomic mass is 79.9. The number of nitrogens with zero attached hydrogens (tertiary/aromatic N) is 1. The van der Waals surface area contributed by atoms with E-state index in [4.69, 9.17) is 11.6 Å². The molecule has 1 N–H and O–H groups in total. The fraction of sp³-hybridized carbons (Fsp3) is 0.600. The van der Waals surface area contributed by atoms with Gasteiger partial charge in [-0.05, 0) is 23.1 Å². The Bertz CT molecular complexity index is 436. The first kappa shape index (κ1) is 15.3. The zero-order valence-corrected chi connectivity index (χ0v) is 14.2.